The van der Waals surface area contributed by atoms with Gasteiger partial charge < -0.3 is 24.6 Å². The molecule has 2 N–H and O–H groups in total. The molecule has 0 aliphatic heterocycles. The molecule has 0 aliphatic rings. The number of aliphatic imine (C=N–C) groups is 1. The number of nitrogens with zero attached hydrogens (tertiary/aromatic N) is 2. The highest BCUT2D eigenvalue weighted by Crippen LogP contribution is 2.28. The minimum atomic E-state index is 0.338. The first-order chi connectivity index (χ1) is 15.1. The van der Waals surface area contributed by atoms with Gasteiger partial charge in [0.05, 0.1) is 19.3 Å². The monoisotopic (exact) mass is 422 g/mol. The summed E-state index contributed by atoms with van der Waals surface area (Å²) in [6.07, 6.45) is 0. The van der Waals surface area contributed by atoms with E-state index in [1.807, 2.05) is 54.6 Å². The normalized spacial score (nSPS) is 11.5. The Balaban J connectivity index is 1.53. The lowest BCUT2D eigenvalue weighted by Gasteiger charge is -2.14. The van der Waals surface area contributed by atoms with Crippen molar-refractivity contribution in [2.75, 3.05) is 14.2 Å². The second-order valence-corrected chi connectivity index (χ2v) is 7.41. The minimum Gasteiger partial charge on any atom is -0.493 e. The molecule has 0 spiro atoms. The van der Waals surface area contributed by atoms with E-state index in [0.29, 0.717) is 43.1 Å². The molecule has 2 aromatic carbocycles. The Labute approximate surface area is 183 Å². The summed E-state index contributed by atoms with van der Waals surface area (Å²) in [7, 11) is 3.38. The number of nitrogens with one attached hydrogen (secondary N) is 2. The molecule has 0 aliphatic carbocycles. The minimum absolute atomic E-state index is 0.338. The molecule has 1 aromatic heterocycles. The van der Waals surface area contributed by atoms with Gasteiger partial charge in [-0.1, -0.05) is 55.4 Å². The van der Waals surface area contributed by atoms with Crippen LogP contribution >= 0.6 is 0 Å². The van der Waals surface area contributed by atoms with Gasteiger partial charge in [0.2, 0.25) is 0 Å². The molecule has 7 nitrogen and oxygen atoms in total. The SMILES string of the molecule is CN=C(NCc1ccc(OCc2ccccc2)c(OC)c1)NCc1cc(C(C)C)no1. The summed E-state index contributed by atoms with van der Waals surface area (Å²) in [6.45, 7) is 5.76. The number of ether oxygens (including phenoxy) is 2. The molecule has 0 unspecified atom stereocenters. The zero-order valence-electron chi connectivity index (χ0n) is 18.5. The van der Waals surface area contributed by atoms with Crippen LogP contribution in [0.1, 0.15) is 42.3 Å². The Morgan fingerprint density at radius 1 is 1.00 bits per heavy atom. The van der Waals surface area contributed by atoms with Crippen LogP contribution in [0.2, 0.25) is 0 Å². The average molecular weight is 423 g/mol. The van der Waals surface area contributed by atoms with Gasteiger partial charge in [0, 0.05) is 19.7 Å². The van der Waals surface area contributed by atoms with Crippen molar-refractivity contribution in [1.29, 1.82) is 0 Å². The topological polar surface area (TPSA) is 80.9 Å². The van der Waals surface area contributed by atoms with Crippen LogP contribution in [0, 0.1) is 0 Å². The number of rotatable bonds is 9. The van der Waals surface area contributed by atoms with E-state index in [0.717, 1.165) is 22.6 Å². The molecule has 0 radical (unpaired) electrons. The number of hydrogen-bond acceptors (Lipinski definition) is 5. The predicted molar refractivity (Wildman–Crippen MR) is 121 cm³/mol. The van der Waals surface area contributed by atoms with Crippen LogP contribution < -0.4 is 20.1 Å². The Morgan fingerprint density at radius 3 is 2.45 bits per heavy atom. The van der Waals surface area contributed by atoms with Gasteiger partial charge in [0.25, 0.3) is 0 Å². The fourth-order valence-corrected chi connectivity index (χ4v) is 2.94. The highest BCUT2D eigenvalue weighted by molar-refractivity contribution is 5.79. The summed E-state index contributed by atoms with van der Waals surface area (Å²) < 4.78 is 16.8. The predicted octanol–water partition coefficient (Wildman–Crippen LogP) is 4.25. The summed E-state index contributed by atoms with van der Waals surface area (Å²) in [6, 6.07) is 17.9. The first-order valence-electron chi connectivity index (χ1n) is 10.3. The maximum absolute atomic E-state index is 5.92. The second kappa shape index (κ2) is 11.1. The van der Waals surface area contributed by atoms with Gasteiger partial charge in [0.15, 0.2) is 23.2 Å². The van der Waals surface area contributed by atoms with Gasteiger partial charge in [-0.15, -0.1) is 0 Å². The quantitative estimate of drug-likeness (QED) is 0.396. The van der Waals surface area contributed by atoms with E-state index in [1.54, 1.807) is 14.2 Å². The van der Waals surface area contributed by atoms with Gasteiger partial charge in [0.1, 0.15) is 6.61 Å². The number of aromatic nitrogens is 1. The average Bonchev–Trinajstić information content (AvgIpc) is 3.28. The van der Waals surface area contributed by atoms with Crippen LogP contribution in [-0.4, -0.2) is 25.3 Å². The summed E-state index contributed by atoms with van der Waals surface area (Å²) in [4.78, 5) is 4.26. The van der Waals surface area contributed by atoms with Gasteiger partial charge >= 0.3 is 0 Å². The molecule has 0 saturated heterocycles. The molecule has 3 rings (SSSR count). The lowest BCUT2D eigenvalue weighted by atomic mass is 10.1. The van der Waals surface area contributed by atoms with Crippen molar-refractivity contribution >= 4 is 5.96 Å². The Bertz CT molecular complexity index is 983. The van der Waals surface area contributed by atoms with E-state index in [9.17, 15) is 0 Å². The first kappa shape index (κ1) is 22.2. The highest BCUT2D eigenvalue weighted by Gasteiger charge is 2.09. The summed E-state index contributed by atoms with van der Waals surface area (Å²) in [5, 5.41) is 10.6. The summed E-state index contributed by atoms with van der Waals surface area (Å²) in [5.41, 5.74) is 3.10. The van der Waals surface area contributed by atoms with Crippen molar-refractivity contribution in [2.24, 2.45) is 4.99 Å². The first-order valence-corrected chi connectivity index (χ1v) is 10.3. The second-order valence-electron chi connectivity index (χ2n) is 7.41. The number of guanidine groups is 1. The molecule has 31 heavy (non-hydrogen) atoms. The Morgan fingerprint density at radius 2 is 1.77 bits per heavy atom. The molecule has 0 fully saturated rings. The fourth-order valence-electron chi connectivity index (χ4n) is 2.94. The van der Waals surface area contributed by atoms with Crippen molar-refractivity contribution in [1.82, 2.24) is 15.8 Å². The maximum atomic E-state index is 5.92. The van der Waals surface area contributed by atoms with E-state index in [-0.39, 0.29) is 0 Å². The van der Waals surface area contributed by atoms with Crippen molar-refractivity contribution in [3.05, 3.63) is 77.2 Å². The van der Waals surface area contributed by atoms with Crippen molar-refractivity contribution in [3.8, 4) is 11.5 Å². The van der Waals surface area contributed by atoms with Crippen molar-refractivity contribution in [3.63, 3.8) is 0 Å². The molecular formula is C24H30N4O3. The van der Waals surface area contributed by atoms with Crippen LogP contribution in [0.3, 0.4) is 0 Å². The van der Waals surface area contributed by atoms with Gasteiger partial charge in [-0.25, -0.2) is 0 Å². The lowest BCUT2D eigenvalue weighted by Crippen LogP contribution is -2.36. The third-order valence-corrected chi connectivity index (χ3v) is 4.75. The number of methoxy groups -OCH3 is 1. The molecule has 0 atom stereocenters. The standard InChI is InChI=1S/C24H30N4O3/c1-17(2)21-13-20(31-28-21)15-27-24(25-3)26-14-19-10-11-22(23(12-19)29-4)30-16-18-8-6-5-7-9-18/h5-13,17H,14-16H2,1-4H3,(H2,25,26,27). The van der Waals surface area contributed by atoms with Crippen LogP contribution in [0.25, 0.3) is 0 Å². The van der Waals surface area contributed by atoms with Gasteiger partial charge in [-0.2, -0.15) is 0 Å². The molecule has 0 saturated carbocycles. The van der Waals surface area contributed by atoms with Gasteiger partial charge in [-0.3, -0.25) is 4.99 Å². The molecule has 1 heterocycles. The Kier molecular flexibility index (Phi) is 7.92. The lowest BCUT2D eigenvalue weighted by molar-refractivity contribution is 0.284. The molecule has 3 aromatic rings. The highest BCUT2D eigenvalue weighted by atomic mass is 16.5. The fraction of sp³-hybridized carbons (Fsp3) is 0.333. The van der Waals surface area contributed by atoms with Crippen molar-refractivity contribution < 1.29 is 14.0 Å². The smallest absolute Gasteiger partial charge is 0.191 e. The molecule has 0 bridgehead atoms. The molecule has 0 amide bonds. The third kappa shape index (κ3) is 6.50. The van der Waals surface area contributed by atoms with E-state index in [2.05, 4.69) is 34.6 Å². The van der Waals surface area contributed by atoms with Crippen LogP contribution in [0.15, 0.2) is 64.1 Å². The van der Waals surface area contributed by atoms with E-state index in [1.165, 1.54) is 0 Å². The largest absolute Gasteiger partial charge is 0.493 e. The molecule has 7 heteroatoms. The third-order valence-electron chi connectivity index (χ3n) is 4.75. The van der Waals surface area contributed by atoms with Crippen LogP contribution in [0.5, 0.6) is 11.5 Å². The number of hydrogen-bond donors (Lipinski definition) is 2. The van der Waals surface area contributed by atoms with E-state index in [4.69, 9.17) is 14.0 Å². The van der Waals surface area contributed by atoms with Crippen molar-refractivity contribution in [2.45, 2.75) is 39.5 Å². The van der Waals surface area contributed by atoms with E-state index >= 15 is 0 Å². The zero-order valence-corrected chi connectivity index (χ0v) is 18.5. The number of benzene rings is 2. The summed E-state index contributed by atoms with van der Waals surface area (Å²) >= 11 is 0. The van der Waals surface area contributed by atoms with Gasteiger partial charge in [-0.05, 0) is 29.2 Å². The summed E-state index contributed by atoms with van der Waals surface area (Å²) in [5.74, 6) is 3.19. The van der Waals surface area contributed by atoms with Crippen LogP contribution in [0.4, 0.5) is 0 Å². The van der Waals surface area contributed by atoms with E-state index < -0.39 is 0 Å². The Hall–Kier alpha value is -3.48. The molecule has 164 valence electrons. The maximum Gasteiger partial charge on any atom is 0.191 e. The molecular weight excluding hydrogens is 392 g/mol. The van der Waals surface area contributed by atoms with Crippen LogP contribution in [-0.2, 0) is 19.7 Å². The zero-order chi connectivity index (χ0) is 22.1.